The van der Waals surface area contributed by atoms with Crippen molar-refractivity contribution in [1.29, 1.82) is 0 Å². The van der Waals surface area contributed by atoms with Crippen LogP contribution in [0.1, 0.15) is 44.3 Å². The lowest BCUT2D eigenvalue weighted by molar-refractivity contribution is 0.169. The van der Waals surface area contributed by atoms with Crippen LogP contribution in [0.5, 0.6) is 0 Å². The summed E-state index contributed by atoms with van der Waals surface area (Å²) < 4.78 is 0. The van der Waals surface area contributed by atoms with E-state index < -0.39 is 0 Å². The Hall–Kier alpha value is -0.860. The molecule has 0 radical (unpaired) electrons. The van der Waals surface area contributed by atoms with Crippen molar-refractivity contribution in [3.05, 3.63) is 35.9 Å². The van der Waals surface area contributed by atoms with Crippen molar-refractivity contribution in [3.8, 4) is 0 Å². The summed E-state index contributed by atoms with van der Waals surface area (Å²) in [5.74, 6) is 1.68. The van der Waals surface area contributed by atoms with Crippen molar-refractivity contribution in [2.45, 2.75) is 38.7 Å². The van der Waals surface area contributed by atoms with Gasteiger partial charge in [-0.2, -0.15) is 0 Å². The first-order valence-electron chi connectivity index (χ1n) is 7.19. The molecule has 0 aromatic heterocycles. The summed E-state index contributed by atoms with van der Waals surface area (Å²) >= 11 is 0. The normalized spacial score (nSPS) is 25.9. The van der Waals surface area contributed by atoms with E-state index in [1.165, 1.54) is 25.7 Å². The standard InChI is InChI=1S/C16H25NO/c1-13-6-5-7-14(10-13)11-17-12-16(18)15-8-3-2-4-9-15/h2-4,8-9,13-14,16-18H,5-7,10-12H2,1H3. The molecule has 2 heteroatoms. The number of rotatable bonds is 5. The molecule has 1 aromatic carbocycles. The van der Waals surface area contributed by atoms with E-state index in [1.807, 2.05) is 30.3 Å². The molecule has 1 aromatic rings. The molecule has 1 saturated carbocycles. The number of aliphatic hydroxyl groups is 1. The third kappa shape index (κ3) is 4.11. The van der Waals surface area contributed by atoms with Gasteiger partial charge in [-0.15, -0.1) is 0 Å². The maximum absolute atomic E-state index is 10.0. The second-order valence-electron chi connectivity index (χ2n) is 5.72. The van der Waals surface area contributed by atoms with Gasteiger partial charge >= 0.3 is 0 Å². The maximum Gasteiger partial charge on any atom is 0.0914 e. The van der Waals surface area contributed by atoms with E-state index in [1.54, 1.807) is 0 Å². The zero-order chi connectivity index (χ0) is 12.8. The average molecular weight is 247 g/mol. The average Bonchev–Trinajstić information content (AvgIpc) is 2.40. The number of hydrogen-bond donors (Lipinski definition) is 2. The van der Waals surface area contributed by atoms with Crippen LogP contribution in [0.25, 0.3) is 0 Å². The molecule has 1 aliphatic carbocycles. The van der Waals surface area contributed by atoms with Crippen LogP contribution < -0.4 is 5.32 Å². The molecule has 18 heavy (non-hydrogen) atoms. The number of hydrogen-bond acceptors (Lipinski definition) is 2. The molecule has 3 unspecified atom stereocenters. The SMILES string of the molecule is CC1CCCC(CNCC(O)c2ccccc2)C1. The molecule has 1 fully saturated rings. The second-order valence-corrected chi connectivity index (χ2v) is 5.72. The third-order valence-electron chi connectivity index (χ3n) is 4.00. The molecule has 0 saturated heterocycles. The number of benzene rings is 1. The van der Waals surface area contributed by atoms with E-state index >= 15 is 0 Å². The zero-order valence-corrected chi connectivity index (χ0v) is 11.3. The van der Waals surface area contributed by atoms with E-state index in [2.05, 4.69) is 12.2 Å². The highest BCUT2D eigenvalue weighted by Gasteiger charge is 2.18. The van der Waals surface area contributed by atoms with Gasteiger partial charge < -0.3 is 10.4 Å². The van der Waals surface area contributed by atoms with Crippen LogP contribution in [0.4, 0.5) is 0 Å². The topological polar surface area (TPSA) is 32.3 Å². The Bertz CT molecular complexity index is 338. The van der Waals surface area contributed by atoms with Crippen LogP contribution in [0.15, 0.2) is 30.3 Å². The summed E-state index contributed by atoms with van der Waals surface area (Å²) in [6.45, 7) is 4.06. The molecule has 0 aliphatic heterocycles. The van der Waals surface area contributed by atoms with Crippen LogP contribution >= 0.6 is 0 Å². The summed E-state index contributed by atoms with van der Waals surface area (Å²) in [7, 11) is 0. The van der Waals surface area contributed by atoms with E-state index in [0.29, 0.717) is 6.54 Å². The summed E-state index contributed by atoms with van der Waals surface area (Å²) in [5, 5.41) is 13.5. The van der Waals surface area contributed by atoms with Crippen molar-refractivity contribution < 1.29 is 5.11 Å². The molecular formula is C16H25NO. The molecular weight excluding hydrogens is 222 g/mol. The molecule has 2 nitrogen and oxygen atoms in total. The Morgan fingerprint density at radius 3 is 2.78 bits per heavy atom. The zero-order valence-electron chi connectivity index (χ0n) is 11.3. The van der Waals surface area contributed by atoms with Crippen molar-refractivity contribution >= 4 is 0 Å². The molecule has 0 amide bonds. The number of nitrogens with one attached hydrogen (secondary N) is 1. The predicted octanol–water partition coefficient (Wildman–Crippen LogP) is 3.14. The Kier molecular flexibility index (Phi) is 5.21. The van der Waals surface area contributed by atoms with E-state index in [0.717, 1.165) is 23.9 Å². The van der Waals surface area contributed by atoms with Gasteiger partial charge in [-0.25, -0.2) is 0 Å². The van der Waals surface area contributed by atoms with Crippen LogP contribution in [0.3, 0.4) is 0 Å². The minimum Gasteiger partial charge on any atom is -0.387 e. The smallest absolute Gasteiger partial charge is 0.0914 e. The lowest BCUT2D eigenvalue weighted by atomic mass is 9.82. The molecule has 0 spiro atoms. The van der Waals surface area contributed by atoms with Crippen molar-refractivity contribution in [2.24, 2.45) is 11.8 Å². The fourth-order valence-corrected chi connectivity index (χ4v) is 2.96. The van der Waals surface area contributed by atoms with Crippen LogP contribution in [-0.4, -0.2) is 18.2 Å². The highest BCUT2D eigenvalue weighted by atomic mass is 16.3. The van der Waals surface area contributed by atoms with Gasteiger partial charge in [-0.1, -0.05) is 50.1 Å². The highest BCUT2D eigenvalue weighted by molar-refractivity contribution is 5.17. The van der Waals surface area contributed by atoms with Gasteiger partial charge in [0.1, 0.15) is 0 Å². The maximum atomic E-state index is 10.0. The fraction of sp³-hybridized carbons (Fsp3) is 0.625. The second kappa shape index (κ2) is 6.91. The summed E-state index contributed by atoms with van der Waals surface area (Å²) in [4.78, 5) is 0. The third-order valence-corrected chi connectivity index (χ3v) is 4.00. The van der Waals surface area contributed by atoms with Gasteiger partial charge in [0, 0.05) is 6.54 Å². The molecule has 2 rings (SSSR count). The first-order chi connectivity index (χ1) is 8.75. The molecule has 2 N–H and O–H groups in total. The van der Waals surface area contributed by atoms with Gasteiger partial charge in [0.2, 0.25) is 0 Å². The molecule has 3 atom stereocenters. The van der Waals surface area contributed by atoms with Crippen molar-refractivity contribution in [3.63, 3.8) is 0 Å². The molecule has 0 heterocycles. The van der Waals surface area contributed by atoms with Gasteiger partial charge in [-0.05, 0) is 36.8 Å². The molecule has 1 aliphatic rings. The highest BCUT2D eigenvalue weighted by Crippen LogP contribution is 2.27. The quantitative estimate of drug-likeness (QED) is 0.838. The monoisotopic (exact) mass is 247 g/mol. The fourth-order valence-electron chi connectivity index (χ4n) is 2.96. The van der Waals surface area contributed by atoms with Crippen molar-refractivity contribution in [1.82, 2.24) is 5.32 Å². The lowest BCUT2D eigenvalue weighted by Crippen LogP contribution is -2.29. The largest absolute Gasteiger partial charge is 0.387 e. The Balaban J connectivity index is 1.69. The number of aliphatic hydroxyl groups excluding tert-OH is 1. The van der Waals surface area contributed by atoms with Crippen LogP contribution in [0.2, 0.25) is 0 Å². The summed E-state index contributed by atoms with van der Waals surface area (Å²) in [6.07, 6.45) is 5.07. The van der Waals surface area contributed by atoms with Gasteiger partial charge in [0.25, 0.3) is 0 Å². The van der Waals surface area contributed by atoms with E-state index in [9.17, 15) is 5.11 Å². The first-order valence-corrected chi connectivity index (χ1v) is 7.19. The Morgan fingerprint density at radius 1 is 1.28 bits per heavy atom. The van der Waals surface area contributed by atoms with Crippen LogP contribution in [-0.2, 0) is 0 Å². The minimum absolute atomic E-state index is 0.382. The summed E-state index contributed by atoms with van der Waals surface area (Å²) in [6, 6.07) is 9.89. The van der Waals surface area contributed by atoms with E-state index in [4.69, 9.17) is 0 Å². The van der Waals surface area contributed by atoms with Crippen molar-refractivity contribution in [2.75, 3.05) is 13.1 Å². The first kappa shape index (κ1) is 13.6. The Labute approximate surface area is 110 Å². The molecule has 0 bridgehead atoms. The predicted molar refractivity (Wildman–Crippen MR) is 75.4 cm³/mol. The molecule has 100 valence electrons. The minimum atomic E-state index is -0.382. The van der Waals surface area contributed by atoms with E-state index in [-0.39, 0.29) is 6.10 Å². The lowest BCUT2D eigenvalue weighted by Gasteiger charge is -2.27. The van der Waals surface area contributed by atoms with Gasteiger partial charge in [-0.3, -0.25) is 0 Å². The van der Waals surface area contributed by atoms with Gasteiger partial charge in [0.05, 0.1) is 6.10 Å². The summed E-state index contributed by atoms with van der Waals surface area (Å²) in [5.41, 5.74) is 1.00. The van der Waals surface area contributed by atoms with Gasteiger partial charge in [0.15, 0.2) is 0 Å². The van der Waals surface area contributed by atoms with Crippen LogP contribution in [0, 0.1) is 11.8 Å². The Morgan fingerprint density at radius 2 is 2.06 bits per heavy atom.